The van der Waals surface area contributed by atoms with Crippen LogP contribution in [0.3, 0.4) is 0 Å². The molecule has 1 aliphatic heterocycles. The Hall–Kier alpha value is -0.810. The van der Waals surface area contributed by atoms with Crippen LogP contribution in [-0.4, -0.2) is 73.9 Å². The number of hydrogen-bond acceptors (Lipinski definition) is 3. The molecular weight excluding hydrogens is 302 g/mol. The van der Waals surface area contributed by atoms with E-state index in [-0.39, 0.29) is 11.2 Å². The molecule has 0 saturated carbocycles. The maximum Gasteiger partial charge on any atom is 0.196 e. The first-order valence-electron chi connectivity index (χ1n) is 9.41. The van der Waals surface area contributed by atoms with Gasteiger partial charge in [0.25, 0.3) is 0 Å². The zero-order valence-corrected chi connectivity index (χ0v) is 17.6. The van der Waals surface area contributed by atoms with Crippen molar-refractivity contribution in [3.8, 4) is 0 Å². The zero-order valence-electron chi connectivity index (χ0n) is 17.6. The highest BCUT2D eigenvalue weighted by molar-refractivity contribution is 5.81. The van der Waals surface area contributed by atoms with Crippen LogP contribution < -0.4 is 0 Å². The molecule has 1 saturated heterocycles. The minimum Gasteiger partial charge on any atom is -0.373 e. The number of likely N-dealkylation sites (N-methyl/N-ethyl adjacent to an activating group) is 1. The number of hydrogen-bond donors (Lipinski definition) is 0. The van der Waals surface area contributed by atoms with Crippen LogP contribution in [0.25, 0.3) is 0 Å². The fourth-order valence-electron chi connectivity index (χ4n) is 2.75. The Morgan fingerprint density at radius 3 is 2.21 bits per heavy atom. The van der Waals surface area contributed by atoms with Crippen LogP contribution >= 0.6 is 0 Å². The third kappa shape index (κ3) is 8.34. The average Bonchev–Trinajstić information content (AvgIpc) is 2.87. The quantitative estimate of drug-likeness (QED) is 0.640. The van der Waals surface area contributed by atoms with Crippen LogP contribution in [0.2, 0.25) is 0 Å². The van der Waals surface area contributed by atoms with E-state index in [0.29, 0.717) is 13.2 Å². The van der Waals surface area contributed by atoms with Crippen LogP contribution in [0.15, 0.2) is 4.99 Å². The van der Waals surface area contributed by atoms with E-state index >= 15 is 0 Å². The summed E-state index contributed by atoms with van der Waals surface area (Å²) in [6.45, 7) is 18.9. The van der Waals surface area contributed by atoms with Crippen molar-refractivity contribution < 1.29 is 9.47 Å². The van der Waals surface area contributed by atoms with Crippen LogP contribution in [0, 0.1) is 0 Å². The van der Waals surface area contributed by atoms with Crippen molar-refractivity contribution in [1.29, 1.82) is 0 Å². The molecule has 0 bridgehead atoms. The predicted octanol–water partition coefficient (Wildman–Crippen LogP) is 3.64. The van der Waals surface area contributed by atoms with Gasteiger partial charge in [0.2, 0.25) is 0 Å². The molecule has 1 fully saturated rings. The maximum absolute atomic E-state index is 6.05. The van der Waals surface area contributed by atoms with Gasteiger partial charge in [0.15, 0.2) is 5.96 Å². The van der Waals surface area contributed by atoms with Crippen molar-refractivity contribution in [2.75, 3.05) is 46.9 Å². The first-order chi connectivity index (χ1) is 11.2. The summed E-state index contributed by atoms with van der Waals surface area (Å²) in [7, 11) is 3.93. The summed E-state index contributed by atoms with van der Waals surface area (Å²) in [6.07, 6.45) is 2.20. The van der Waals surface area contributed by atoms with Gasteiger partial charge in [0.1, 0.15) is 0 Å². The smallest absolute Gasteiger partial charge is 0.196 e. The summed E-state index contributed by atoms with van der Waals surface area (Å²) >= 11 is 0. The number of guanidine groups is 1. The highest BCUT2D eigenvalue weighted by Crippen LogP contribution is 2.20. The molecule has 0 aromatic rings. The Kier molecular flexibility index (Phi) is 10.6. The monoisotopic (exact) mass is 343 g/mol. The molecule has 0 aromatic heterocycles. The first kappa shape index (κ1) is 23.2. The van der Waals surface area contributed by atoms with Crippen LogP contribution in [0.4, 0.5) is 0 Å². The van der Waals surface area contributed by atoms with Crippen molar-refractivity contribution in [2.45, 2.75) is 72.5 Å². The van der Waals surface area contributed by atoms with E-state index in [2.05, 4.69) is 56.5 Å². The fourth-order valence-corrected chi connectivity index (χ4v) is 2.75. The fraction of sp³-hybridized carbons (Fsp3) is 0.947. The summed E-state index contributed by atoms with van der Waals surface area (Å²) < 4.78 is 12.1. The molecular formula is C19H41N3O2. The van der Waals surface area contributed by atoms with Crippen LogP contribution in [0.1, 0.15) is 61.3 Å². The van der Waals surface area contributed by atoms with E-state index < -0.39 is 0 Å². The summed E-state index contributed by atoms with van der Waals surface area (Å²) in [6, 6.07) is 0. The number of rotatable bonds is 9. The Balaban J connectivity index is 0.00000254. The van der Waals surface area contributed by atoms with Crippen molar-refractivity contribution >= 4 is 5.96 Å². The van der Waals surface area contributed by atoms with Gasteiger partial charge in [0.05, 0.1) is 24.4 Å². The molecule has 0 atom stereocenters. The van der Waals surface area contributed by atoms with E-state index in [9.17, 15) is 0 Å². The lowest BCUT2D eigenvalue weighted by Gasteiger charge is -2.32. The molecule has 0 radical (unpaired) electrons. The third-order valence-corrected chi connectivity index (χ3v) is 4.05. The summed E-state index contributed by atoms with van der Waals surface area (Å²) in [5.41, 5.74) is -0.338. The van der Waals surface area contributed by atoms with Gasteiger partial charge in [-0.2, -0.15) is 0 Å². The minimum absolute atomic E-state index is 0.0743. The van der Waals surface area contributed by atoms with Crippen LogP contribution in [0.5, 0.6) is 0 Å². The highest BCUT2D eigenvalue weighted by Gasteiger charge is 2.26. The lowest BCUT2D eigenvalue weighted by Crippen LogP contribution is -2.39. The molecule has 144 valence electrons. The molecule has 1 heterocycles. The SMILES string of the molecule is CC.CCCC(C)(C)OCC(C)(C)OCCN1CCN(C)C1=NC. The Morgan fingerprint density at radius 2 is 1.67 bits per heavy atom. The second-order valence-electron chi connectivity index (χ2n) is 7.34. The maximum atomic E-state index is 6.05. The van der Waals surface area contributed by atoms with Gasteiger partial charge in [-0.15, -0.1) is 0 Å². The lowest BCUT2D eigenvalue weighted by atomic mass is 10.0. The topological polar surface area (TPSA) is 37.3 Å². The van der Waals surface area contributed by atoms with E-state index in [4.69, 9.17) is 9.47 Å². The molecule has 0 amide bonds. The molecule has 1 rings (SSSR count). The van der Waals surface area contributed by atoms with Gasteiger partial charge in [0, 0.05) is 33.7 Å². The second kappa shape index (κ2) is 10.9. The highest BCUT2D eigenvalue weighted by atomic mass is 16.6. The molecule has 5 nitrogen and oxygen atoms in total. The van der Waals surface area contributed by atoms with Gasteiger partial charge in [-0.1, -0.05) is 27.2 Å². The number of nitrogens with zero attached hydrogens (tertiary/aromatic N) is 3. The Bertz CT molecular complexity index is 368. The van der Waals surface area contributed by atoms with Crippen molar-refractivity contribution in [1.82, 2.24) is 9.80 Å². The molecule has 5 heteroatoms. The van der Waals surface area contributed by atoms with E-state index in [1.54, 1.807) is 0 Å². The van der Waals surface area contributed by atoms with Crippen molar-refractivity contribution in [2.24, 2.45) is 4.99 Å². The molecule has 0 N–H and O–H groups in total. The van der Waals surface area contributed by atoms with E-state index in [1.807, 2.05) is 20.9 Å². The standard InChI is InChI=1S/C17H35N3O2.C2H6/c1-8-9-16(2,3)22-14-17(4,5)21-13-12-20-11-10-19(7)15(20)18-6;1-2/h8-14H2,1-7H3;1-2H3. The largest absolute Gasteiger partial charge is 0.373 e. The van der Waals surface area contributed by atoms with Crippen LogP contribution in [-0.2, 0) is 9.47 Å². The normalized spacial score (nSPS) is 17.3. The first-order valence-corrected chi connectivity index (χ1v) is 9.41. The number of ether oxygens (including phenoxy) is 2. The van der Waals surface area contributed by atoms with Gasteiger partial charge < -0.3 is 19.3 Å². The van der Waals surface area contributed by atoms with E-state index in [0.717, 1.165) is 38.4 Å². The van der Waals surface area contributed by atoms with Gasteiger partial charge in [-0.05, 0) is 34.1 Å². The third-order valence-electron chi connectivity index (χ3n) is 4.05. The molecule has 0 aromatic carbocycles. The average molecular weight is 344 g/mol. The molecule has 0 spiro atoms. The molecule has 1 aliphatic rings. The molecule has 24 heavy (non-hydrogen) atoms. The van der Waals surface area contributed by atoms with Gasteiger partial charge in [-0.25, -0.2) is 0 Å². The predicted molar refractivity (Wildman–Crippen MR) is 104 cm³/mol. The van der Waals surface area contributed by atoms with Gasteiger partial charge >= 0.3 is 0 Å². The van der Waals surface area contributed by atoms with E-state index in [1.165, 1.54) is 0 Å². The van der Waals surface area contributed by atoms with Crippen molar-refractivity contribution in [3.05, 3.63) is 0 Å². The summed E-state index contributed by atoms with van der Waals surface area (Å²) in [4.78, 5) is 8.80. The minimum atomic E-state index is -0.264. The second-order valence-corrected chi connectivity index (χ2v) is 7.34. The lowest BCUT2D eigenvalue weighted by molar-refractivity contribution is -0.123. The number of aliphatic imine (C=N–C) groups is 1. The van der Waals surface area contributed by atoms with Gasteiger partial charge in [-0.3, -0.25) is 4.99 Å². The summed E-state index contributed by atoms with van der Waals surface area (Å²) in [5.74, 6) is 1.06. The summed E-state index contributed by atoms with van der Waals surface area (Å²) in [5, 5.41) is 0. The molecule has 0 aliphatic carbocycles. The Morgan fingerprint density at radius 1 is 1.04 bits per heavy atom. The Labute approximate surface area is 150 Å². The van der Waals surface area contributed by atoms with Crippen molar-refractivity contribution in [3.63, 3.8) is 0 Å². The zero-order chi connectivity index (χ0) is 18.8. The molecule has 0 unspecified atom stereocenters.